The summed E-state index contributed by atoms with van der Waals surface area (Å²) in [6, 6.07) is 9.06. The zero-order valence-electron chi connectivity index (χ0n) is 14.7. The van der Waals surface area contributed by atoms with E-state index in [4.69, 9.17) is 0 Å². The van der Waals surface area contributed by atoms with E-state index in [2.05, 4.69) is 12.2 Å². The number of rotatable bonds is 6. The van der Waals surface area contributed by atoms with Crippen LogP contribution >= 0.6 is 11.3 Å². The first-order valence-electron chi connectivity index (χ1n) is 8.30. The zero-order valence-corrected chi connectivity index (χ0v) is 15.5. The van der Waals surface area contributed by atoms with Gasteiger partial charge in [-0.05, 0) is 57.0 Å². The molecule has 1 N–H and O–H groups in total. The average molecular weight is 344 g/mol. The molecule has 0 aliphatic rings. The molecule has 0 radical (unpaired) electrons. The zero-order chi connectivity index (χ0) is 17.7. The van der Waals surface area contributed by atoms with Crippen molar-refractivity contribution < 1.29 is 9.59 Å². The maximum atomic E-state index is 12.4. The van der Waals surface area contributed by atoms with Gasteiger partial charge < -0.3 is 10.2 Å². The molecule has 2 rings (SSSR count). The van der Waals surface area contributed by atoms with Crippen molar-refractivity contribution in [1.82, 2.24) is 4.90 Å². The number of hydrogen-bond acceptors (Lipinski definition) is 3. The van der Waals surface area contributed by atoms with Gasteiger partial charge in [0.05, 0.1) is 4.88 Å². The van der Waals surface area contributed by atoms with Crippen molar-refractivity contribution in [3.63, 3.8) is 0 Å². The minimum absolute atomic E-state index is 0.0173. The molecule has 4 nitrogen and oxygen atoms in total. The quantitative estimate of drug-likeness (QED) is 0.847. The van der Waals surface area contributed by atoms with Crippen molar-refractivity contribution in [2.45, 2.75) is 34.1 Å². The number of carbonyl (C=O) groups excluding carboxylic acids is 2. The molecular weight excluding hydrogens is 320 g/mol. The summed E-state index contributed by atoms with van der Waals surface area (Å²) in [6.45, 7) is 9.36. The highest BCUT2D eigenvalue weighted by atomic mass is 32.1. The first kappa shape index (κ1) is 18.2. The first-order chi connectivity index (χ1) is 11.5. The fourth-order valence-corrected chi connectivity index (χ4v) is 3.61. The van der Waals surface area contributed by atoms with Crippen LogP contribution in [0.3, 0.4) is 0 Å². The van der Waals surface area contributed by atoms with Crippen LogP contribution in [0.1, 0.15) is 51.2 Å². The Morgan fingerprint density at radius 3 is 2.42 bits per heavy atom. The van der Waals surface area contributed by atoms with Gasteiger partial charge in [-0.25, -0.2) is 0 Å². The highest BCUT2D eigenvalue weighted by Crippen LogP contribution is 2.23. The second kappa shape index (κ2) is 8.11. The summed E-state index contributed by atoms with van der Waals surface area (Å²) in [5, 5.41) is 2.89. The second-order valence-corrected chi connectivity index (χ2v) is 6.81. The van der Waals surface area contributed by atoms with E-state index >= 15 is 0 Å². The minimum atomic E-state index is -0.129. The van der Waals surface area contributed by atoms with Crippen LogP contribution in [0.4, 0.5) is 5.69 Å². The Bertz CT molecular complexity index is 733. The van der Waals surface area contributed by atoms with Gasteiger partial charge in [-0.15, -0.1) is 11.3 Å². The predicted molar refractivity (Wildman–Crippen MR) is 100 cm³/mol. The number of aryl methyl sites for hydroxylation is 2. The van der Waals surface area contributed by atoms with Gasteiger partial charge in [-0.3, -0.25) is 9.59 Å². The van der Waals surface area contributed by atoms with Crippen LogP contribution in [0.15, 0.2) is 30.3 Å². The van der Waals surface area contributed by atoms with Gasteiger partial charge in [-0.1, -0.05) is 13.0 Å². The van der Waals surface area contributed by atoms with E-state index in [-0.39, 0.29) is 11.8 Å². The number of nitrogens with zero attached hydrogens (tertiary/aromatic N) is 1. The lowest BCUT2D eigenvalue weighted by Crippen LogP contribution is -2.30. The molecule has 1 aromatic heterocycles. The highest BCUT2D eigenvalue weighted by molar-refractivity contribution is 7.14. The molecule has 0 fully saturated rings. The molecule has 0 atom stereocenters. The molecule has 1 aromatic carbocycles. The lowest BCUT2D eigenvalue weighted by Gasteiger charge is -2.18. The van der Waals surface area contributed by atoms with Gasteiger partial charge in [0.1, 0.15) is 0 Å². The standard InChI is InChI=1S/C19H24N2O2S/c1-5-14-12-17(24-13(14)4)18(22)20-16-10-8-9-15(11-16)19(23)21(6-2)7-3/h8-12H,5-7H2,1-4H3,(H,20,22). The summed E-state index contributed by atoms with van der Waals surface area (Å²) >= 11 is 1.50. The molecule has 5 heteroatoms. The average Bonchev–Trinajstić information content (AvgIpc) is 2.97. The number of thiophene rings is 1. The lowest BCUT2D eigenvalue weighted by molar-refractivity contribution is 0.0772. The Morgan fingerprint density at radius 1 is 1.12 bits per heavy atom. The molecule has 0 bridgehead atoms. The largest absolute Gasteiger partial charge is 0.339 e. The van der Waals surface area contributed by atoms with E-state index in [1.807, 2.05) is 26.8 Å². The van der Waals surface area contributed by atoms with Gasteiger partial charge in [-0.2, -0.15) is 0 Å². The molecule has 0 spiro atoms. The summed E-state index contributed by atoms with van der Waals surface area (Å²) in [6.07, 6.45) is 0.920. The summed E-state index contributed by atoms with van der Waals surface area (Å²) in [7, 11) is 0. The lowest BCUT2D eigenvalue weighted by atomic mass is 10.1. The summed E-state index contributed by atoms with van der Waals surface area (Å²) < 4.78 is 0. The minimum Gasteiger partial charge on any atom is -0.339 e. The highest BCUT2D eigenvalue weighted by Gasteiger charge is 2.15. The molecule has 128 valence electrons. The van der Waals surface area contributed by atoms with Gasteiger partial charge in [0.25, 0.3) is 11.8 Å². The van der Waals surface area contributed by atoms with Crippen LogP contribution in [0.25, 0.3) is 0 Å². The third-order valence-corrected chi connectivity index (χ3v) is 5.13. The summed E-state index contributed by atoms with van der Waals surface area (Å²) in [5.74, 6) is -0.147. The Balaban J connectivity index is 2.16. The normalized spacial score (nSPS) is 10.5. The number of carbonyl (C=O) groups is 2. The number of benzene rings is 1. The molecule has 2 amide bonds. The third kappa shape index (κ3) is 4.03. The van der Waals surface area contributed by atoms with Gasteiger partial charge in [0, 0.05) is 29.2 Å². The Labute approximate surface area is 147 Å². The fourth-order valence-electron chi connectivity index (χ4n) is 2.60. The smallest absolute Gasteiger partial charge is 0.265 e. The molecular formula is C19H24N2O2S. The molecule has 0 saturated carbocycles. The van der Waals surface area contributed by atoms with Crippen LogP contribution in [-0.2, 0) is 6.42 Å². The number of amides is 2. The predicted octanol–water partition coefficient (Wildman–Crippen LogP) is 4.35. The molecule has 0 aliphatic heterocycles. The molecule has 0 saturated heterocycles. The maximum absolute atomic E-state index is 12.4. The fraction of sp³-hybridized carbons (Fsp3) is 0.368. The number of anilines is 1. The molecule has 0 unspecified atom stereocenters. The van der Waals surface area contributed by atoms with E-state index in [9.17, 15) is 9.59 Å². The van der Waals surface area contributed by atoms with Crippen LogP contribution < -0.4 is 5.32 Å². The van der Waals surface area contributed by atoms with E-state index in [0.717, 1.165) is 6.42 Å². The first-order valence-corrected chi connectivity index (χ1v) is 9.11. The molecule has 24 heavy (non-hydrogen) atoms. The van der Waals surface area contributed by atoms with Gasteiger partial charge in [0.15, 0.2) is 0 Å². The Morgan fingerprint density at radius 2 is 1.83 bits per heavy atom. The number of nitrogens with one attached hydrogen (secondary N) is 1. The van der Waals surface area contributed by atoms with Crippen LogP contribution in [0, 0.1) is 6.92 Å². The summed E-state index contributed by atoms with van der Waals surface area (Å²) in [5.41, 5.74) is 2.44. The molecule has 0 aliphatic carbocycles. The van der Waals surface area contributed by atoms with Crippen molar-refractivity contribution in [3.05, 3.63) is 51.2 Å². The molecule has 1 heterocycles. The van der Waals surface area contributed by atoms with Crippen molar-refractivity contribution in [2.75, 3.05) is 18.4 Å². The molecule has 2 aromatic rings. The van der Waals surface area contributed by atoms with E-state index in [1.54, 1.807) is 29.2 Å². The number of hydrogen-bond donors (Lipinski definition) is 1. The Kier molecular flexibility index (Phi) is 6.15. The van der Waals surface area contributed by atoms with Crippen molar-refractivity contribution in [1.29, 1.82) is 0 Å². The van der Waals surface area contributed by atoms with Gasteiger partial charge in [0.2, 0.25) is 0 Å². The monoisotopic (exact) mass is 344 g/mol. The van der Waals surface area contributed by atoms with Crippen molar-refractivity contribution >= 4 is 28.8 Å². The Hall–Kier alpha value is -2.14. The van der Waals surface area contributed by atoms with E-state index in [0.29, 0.717) is 29.2 Å². The third-order valence-electron chi connectivity index (χ3n) is 4.04. The second-order valence-electron chi connectivity index (χ2n) is 5.56. The summed E-state index contributed by atoms with van der Waals surface area (Å²) in [4.78, 5) is 28.5. The SMILES string of the molecule is CCc1cc(C(=O)Nc2cccc(C(=O)N(CC)CC)c2)sc1C. The van der Waals surface area contributed by atoms with Crippen LogP contribution in [0.2, 0.25) is 0 Å². The van der Waals surface area contributed by atoms with Crippen molar-refractivity contribution in [3.8, 4) is 0 Å². The van der Waals surface area contributed by atoms with Crippen molar-refractivity contribution in [2.24, 2.45) is 0 Å². The van der Waals surface area contributed by atoms with Crippen LogP contribution in [-0.4, -0.2) is 29.8 Å². The maximum Gasteiger partial charge on any atom is 0.265 e. The van der Waals surface area contributed by atoms with Gasteiger partial charge >= 0.3 is 0 Å². The van der Waals surface area contributed by atoms with Crippen LogP contribution in [0.5, 0.6) is 0 Å². The van der Waals surface area contributed by atoms with E-state index in [1.165, 1.54) is 21.8 Å². The topological polar surface area (TPSA) is 49.4 Å². The van der Waals surface area contributed by atoms with E-state index < -0.39 is 0 Å².